The average molecular weight is 975 g/mol. The van der Waals surface area contributed by atoms with E-state index in [4.69, 9.17) is 4.74 Å². The van der Waals surface area contributed by atoms with Crippen LogP contribution in [0.4, 0.5) is 0 Å². The van der Waals surface area contributed by atoms with Crippen molar-refractivity contribution in [2.75, 3.05) is 13.2 Å². The van der Waals surface area contributed by atoms with E-state index in [2.05, 4.69) is 31.3 Å². The number of hydrogen-bond donors (Lipinski definition) is 3. The number of nitrogens with one attached hydrogen (secondary N) is 1. The Kier molecular flexibility index (Phi) is 58.0. The highest BCUT2D eigenvalue weighted by Gasteiger charge is 2.20. The first kappa shape index (κ1) is 67.6. The molecule has 0 aliphatic carbocycles. The normalized spacial score (nSPS) is 12.6. The summed E-state index contributed by atoms with van der Waals surface area (Å²) in [7, 11) is 0. The minimum atomic E-state index is -0.674. The number of amides is 1. The summed E-state index contributed by atoms with van der Waals surface area (Å²) >= 11 is 0. The van der Waals surface area contributed by atoms with Crippen LogP contribution in [0.5, 0.6) is 0 Å². The molecule has 3 N–H and O–H groups in total. The third-order valence-corrected chi connectivity index (χ3v) is 14.8. The highest BCUT2D eigenvalue weighted by atomic mass is 16.5. The number of allylic oxidation sites excluding steroid dienone is 2. The molecule has 0 spiro atoms. The number of hydrogen-bond acceptors (Lipinski definition) is 5. The fraction of sp³-hybridized carbons (Fsp3) is 0.937. The molecule has 69 heavy (non-hydrogen) atoms. The van der Waals surface area contributed by atoms with Gasteiger partial charge < -0.3 is 20.3 Å². The van der Waals surface area contributed by atoms with Crippen LogP contribution in [-0.4, -0.2) is 47.4 Å². The van der Waals surface area contributed by atoms with E-state index < -0.39 is 12.1 Å². The van der Waals surface area contributed by atoms with Crippen molar-refractivity contribution in [3.63, 3.8) is 0 Å². The van der Waals surface area contributed by atoms with E-state index in [0.717, 1.165) is 51.4 Å². The largest absolute Gasteiger partial charge is 0.466 e. The Balaban J connectivity index is 3.43. The van der Waals surface area contributed by atoms with E-state index in [0.29, 0.717) is 25.9 Å². The van der Waals surface area contributed by atoms with Crippen LogP contribution in [0.15, 0.2) is 12.2 Å². The molecular formula is C63H123NO5. The molecule has 0 aromatic rings. The second-order valence-electron chi connectivity index (χ2n) is 21.7. The molecule has 0 saturated carbocycles. The SMILES string of the molecule is CCCCCCC/C=C\CCCCCCCC(=O)OCCCCCCCCCCCCCCCC(=O)NC(CO)C(O)CCCCCCCCCCCCCCCCCCCCCCCCCCC. The van der Waals surface area contributed by atoms with Gasteiger partial charge >= 0.3 is 5.97 Å². The van der Waals surface area contributed by atoms with Crippen LogP contribution >= 0.6 is 0 Å². The minimum absolute atomic E-state index is 0.0126. The van der Waals surface area contributed by atoms with Crippen LogP contribution in [0.25, 0.3) is 0 Å². The molecule has 0 aromatic carbocycles. The van der Waals surface area contributed by atoms with Crippen LogP contribution in [-0.2, 0) is 14.3 Å². The third kappa shape index (κ3) is 55.8. The molecular weight excluding hydrogens is 851 g/mol. The Labute approximate surface area is 431 Å². The number of carbonyl (C=O) groups is 2. The monoisotopic (exact) mass is 974 g/mol. The van der Waals surface area contributed by atoms with Crippen LogP contribution < -0.4 is 5.32 Å². The lowest BCUT2D eigenvalue weighted by Gasteiger charge is -2.22. The summed E-state index contributed by atoms with van der Waals surface area (Å²) in [5.74, 6) is -0.0563. The fourth-order valence-electron chi connectivity index (χ4n) is 9.99. The van der Waals surface area contributed by atoms with Crippen molar-refractivity contribution >= 4 is 11.9 Å². The Bertz CT molecular complexity index is 1030. The molecule has 0 radical (unpaired) electrons. The first-order valence-corrected chi connectivity index (χ1v) is 31.4. The minimum Gasteiger partial charge on any atom is -0.466 e. The molecule has 0 aromatic heterocycles. The second kappa shape index (κ2) is 59.2. The first-order valence-electron chi connectivity index (χ1n) is 31.4. The summed E-state index contributed by atoms with van der Waals surface area (Å²) < 4.78 is 5.47. The van der Waals surface area contributed by atoms with Gasteiger partial charge in [-0.3, -0.25) is 9.59 Å². The molecule has 0 heterocycles. The summed E-state index contributed by atoms with van der Waals surface area (Å²) in [6.45, 7) is 4.94. The van der Waals surface area contributed by atoms with Crippen molar-refractivity contribution < 1.29 is 24.5 Å². The van der Waals surface area contributed by atoms with Gasteiger partial charge in [0.15, 0.2) is 0 Å². The van der Waals surface area contributed by atoms with E-state index in [1.807, 2.05) is 0 Å². The molecule has 6 heteroatoms. The maximum Gasteiger partial charge on any atom is 0.305 e. The third-order valence-electron chi connectivity index (χ3n) is 14.8. The molecule has 2 unspecified atom stereocenters. The predicted octanol–water partition coefficient (Wildman–Crippen LogP) is 19.6. The Morgan fingerprint density at radius 1 is 0.391 bits per heavy atom. The summed E-state index contributed by atoms with van der Waals surface area (Å²) in [6.07, 6.45) is 70.7. The van der Waals surface area contributed by atoms with Gasteiger partial charge in [0, 0.05) is 12.8 Å². The maximum absolute atomic E-state index is 12.5. The van der Waals surface area contributed by atoms with Gasteiger partial charge in [-0.2, -0.15) is 0 Å². The molecule has 0 aliphatic heterocycles. The van der Waals surface area contributed by atoms with Crippen molar-refractivity contribution in [2.24, 2.45) is 0 Å². The number of ether oxygens (including phenoxy) is 1. The molecule has 2 atom stereocenters. The van der Waals surface area contributed by atoms with Crippen molar-refractivity contribution in [3.05, 3.63) is 12.2 Å². The summed E-state index contributed by atoms with van der Waals surface area (Å²) in [5.41, 5.74) is 0. The Hall–Kier alpha value is -1.40. The van der Waals surface area contributed by atoms with Gasteiger partial charge in [-0.1, -0.05) is 302 Å². The average Bonchev–Trinajstić information content (AvgIpc) is 3.35. The molecule has 0 fully saturated rings. The van der Waals surface area contributed by atoms with Gasteiger partial charge in [-0.05, 0) is 51.4 Å². The number of unbranched alkanes of at least 4 members (excludes halogenated alkanes) is 46. The topological polar surface area (TPSA) is 95.9 Å². The van der Waals surface area contributed by atoms with Gasteiger partial charge in [0.25, 0.3) is 0 Å². The van der Waals surface area contributed by atoms with E-state index in [9.17, 15) is 19.8 Å². The first-order chi connectivity index (χ1) is 34.0. The van der Waals surface area contributed by atoms with Crippen molar-refractivity contribution in [1.29, 1.82) is 0 Å². The highest BCUT2D eigenvalue weighted by Crippen LogP contribution is 2.18. The van der Waals surface area contributed by atoms with Crippen molar-refractivity contribution in [2.45, 2.75) is 366 Å². The number of esters is 1. The van der Waals surface area contributed by atoms with Crippen LogP contribution in [0, 0.1) is 0 Å². The quantitative estimate of drug-likeness (QED) is 0.0321. The molecule has 1 amide bonds. The summed E-state index contributed by atoms with van der Waals surface area (Å²) in [6, 6.07) is -0.552. The van der Waals surface area contributed by atoms with E-state index >= 15 is 0 Å². The zero-order valence-electron chi connectivity index (χ0n) is 46.8. The van der Waals surface area contributed by atoms with Crippen LogP contribution in [0.1, 0.15) is 354 Å². The lowest BCUT2D eigenvalue weighted by Crippen LogP contribution is -2.45. The highest BCUT2D eigenvalue weighted by molar-refractivity contribution is 5.76. The fourth-order valence-corrected chi connectivity index (χ4v) is 9.99. The molecule has 0 saturated heterocycles. The number of aliphatic hydroxyl groups excluding tert-OH is 2. The summed E-state index contributed by atoms with van der Waals surface area (Å²) in [5, 5.41) is 23.4. The lowest BCUT2D eigenvalue weighted by molar-refractivity contribution is -0.143. The molecule has 0 rings (SSSR count). The zero-order valence-corrected chi connectivity index (χ0v) is 46.8. The zero-order chi connectivity index (χ0) is 50.0. The molecule has 0 bridgehead atoms. The Morgan fingerprint density at radius 2 is 0.681 bits per heavy atom. The molecule has 410 valence electrons. The van der Waals surface area contributed by atoms with Gasteiger partial charge in [0.1, 0.15) is 0 Å². The van der Waals surface area contributed by atoms with Crippen molar-refractivity contribution in [3.8, 4) is 0 Å². The smallest absolute Gasteiger partial charge is 0.305 e. The molecule has 6 nitrogen and oxygen atoms in total. The number of carbonyl (C=O) groups excluding carboxylic acids is 2. The summed E-state index contributed by atoms with van der Waals surface area (Å²) in [4.78, 5) is 24.6. The number of aliphatic hydroxyl groups is 2. The van der Waals surface area contributed by atoms with E-state index in [-0.39, 0.29) is 18.5 Å². The second-order valence-corrected chi connectivity index (χ2v) is 21.7. The van der Waals surface area contributed by atoms with E-state index in [1.54, 1.807) is 0 Å². The maximum atomic E-state index is 12.5. The standard InChI is InChI=1S/C63H123NO5/c1-3-5-7-9-11-13-15-17-19-20-21-22-23-24-25-26-27-28-29-31-35-39-43-47-51-55-61(66)60(59-65)64-62(67)56-52-48-44-40-36-32-30-34-38-42-46-50-54-58-69-63(68)57-53-49-45-41-37-33-18-16-14-12-10-8-6-4-2/h16,18,60-61,65-66H,3-15,17,19-59H2,1-2H3,(H,64,67)/b18-16-. The Morgan fingerprint density at radius 3 is 1.03 bits per heavy atom. The van der Waals surface area contributed by atoms with Gasteiger partial charge in [-0.25, -0.2) is 0 Å². The number of rotatable bonds is 59. The van der Waals surface area contributed by atoms with Gasteiger partial charge in [0.2, 0.25) is 5.91 Å². The van der Waals surface area contributed by atoms with Crippen LogP contribution in [0.2, 0.25) is 0 Å². The predicted molar refractivity (Wildman–Crippen MR) is 301 cm³/mol. The van der Waals surface area contributed by atoms with Gasteiger partial charge in [-0.15, -0.1) is 0 Å². The van der Waals surface area contributed by atoms with Gasteiger partial charge in [0.05, 0.1) is 25.4 Å². The van der Waals surface area contributed by atoms with E-state index in [1.165, 1.54) is 270 Å². The van der Waals surface area contributed by atoms with Crippen LogP contribution in [0.3, 0.4) is 0 Å². The molecule has 0 aliphatic rings. The lowest BCUT2D eigenvalue weighted by atomic mass is 10.0. The van der Waals surface area contributed by atoms with Crippen molar-refractivity contribution in [1.82, 2.24) is 5.32 Å².